The normalized spacial score (nSPS) is 18.3. The second kappa shape index (κ2) is 7.42. The van der Waals surface area contributed by atoms with Crippen LogP contribution in [0.3, 0.4) is 0 Å². The summed E-state index contributed by atoms with van der Waals surface area (Å²) >= 11 is 1.53. The van der Waals surface area contributed by atoms with Crippen LogP contribution in [0.5, 0.6) is 0 Å². The van der Waals surface area contributed by atoms with E-state index in [2.05, 4.69) is 19.2 Å². The number of hydrogen-bond donors (Lipinski definition) is 0. The quantitative estimate of drug-likeness (QED) is 0.771. The van der Waals surface area contributed by atoms with E-state index in [1.54, 1.807) is 0 Å². The van der Waals surface area contributed by atoms with E-state index in [-0.39, 0.29) is 5.82 Å². The Morgan fingerprint density at radius 2 is 2.00 bits per heavy atom. The number of aromatic nitrogens is 4. The van der Waals surface area contributed by atoms with Crippen molar-refractivity contribution in [1.29, 1.82) is 0 Å². The van der Waals surface area contributed by atoms with Crippen LogP contribution in [-0.2, 0) is 6.42 Å². The van der Waals surface area contributed by atoms with Crippen LogP contribution < -0.4 is 9.80 Å². The first-order valence-corrected chi connectivity index (χ1v) is 10.2. The molecule has 0 amide bonds. The van der Waals surface area contributed by atoms with E-state index >= 15 is 0 Å². The summed E-state index contributed by atoms with van der Waals surface area (Å²) in [5.74, 6) is 2.32. The van der Waals surface area contributed by atoms with Crippen LogP contribution in [0.2, 0.25) is 0 Å². The smallest absolute Gasteiger partial charge is 0.205 e. The molecule has 6 nitrogen and oxygen atoms in total. The highest BCUT2D eigenvalue weighted by Crippen LogP contribution is 2.40. The van der Waals surface area contributed by atoms with Gasteiger partial charge in [-0.1, -0.05) is 6.92 Å². The van der Waals surface area contributed by atoms with Gasteiger partial charge in [0.05, 0.1) is 5.69 Å². The third-order valence-corrected chi connectivity index (χ3v) is 6.12. The molecule has 0 unspecified atom stereocenters. The average Bonchev–Trinajstić information content (AvgIpc) is 3.39. The minimum atomic E-state index is -0.281. The SMILES string of the molecule is CCc1ncnc(N(C)CC2CCN(c3nc(C4CC4)ns3)CC2)c1F. The summed E-state index contributed by atoms with van der Waals surface area (Å²) < 4.78 is 19.0. The molecule has 2 aromatic heterocycles. The lowest BCUT2D eigenvalue weighted by atomic mass is 9.96. The van der Waals surface area contributed by atoms with E-state index in [9.17, 15) is 4.39 Å². The van der Waals surface area contributed by atoms with E-state index in [1.807, 2.05) is 18.9 Å². The standard InChI is InChI=1S/C18H25FN6S/c1-3-14-15(19)17(21-11-20-14)24(2)10-12-6-8-25(9-7-12)18-22-16(23-26-18)13-4-5-13/h11-13H,3-10H2,1-2H3. The first-order valence-electron chi connectivity index (χ1n) is 9.44. The van der Waals surface area contributed by atoms with Crippen molar-refractivity contribution in [3.63, 3.8) is 0 Å². The second-order valence-corrected chi connectivity index (χ2v) is 8.06. The van der Waals surface area contributed by atoms with E-state index in [4.69, 9.17) is 4.98 Å². The van der Waals surface area contributed by atoms with E-state index in [0.29, 0.717) is 29.8 Å². The van der Waals surface area contributed by atoms with Crippen molar-refractivity contribution in [3.05, 3.63) is 23.7 Å². The molecule has 1 saturated carbocycles. The Morgan fingerprint density at radius 3 is 2.69 bits per heavy atom. The summed E-state index contributed by atoms with van der Waals surface area (Å²) in [7, 11) is 1.92. The third-order valence-electron chi connectivity index (χ3n) is 5.33. The van der Waals surface area contributed by atoms with Crippen molar-refractivity contribution in [2.75, 3.05) is 36.5 Å². The van der Waals surface area contributed by atoms with Crippen LogP contribution in [0.25, 0.3) is 0 Å². The average molecular weight is 377 g/mol. The van der Waals surface area contributed by atoms with Gasteiger partial charge >= 0.3 is 0 Å². The van der Waals surface area contributed by atoms with Gasteiger partial charge < -0.3 is 9.80 Å². The van der Waals surface area contributed by atoms with E-state index < -0.39 is 0 Å². The largest absolute Gasteiger partial charge is 0.357 e. The lowest BCUT2D eigenvalue weighted by molar-refractivity contribution is 0.406. The van der Waals surface area contributed by atoms with Gasteiger partial charge in [-0.25, -0.2) is 19.3 Å². The van der Waals surface area contributed by atoms with Crippen LogP contribution in [0.1, 0.15) is 50.0 Å². The number of piperidine rings is 1. The van der Waals surface area contributed by atoms with Crippen molar-refractivity contribution in [2.45, 2.75) is 44.9 Å². The summed E-state index contributed by atoms with van der Waals surface area (Å²) in [6, 6.07) is 0. The molecule has 0 spiro atoms. The summed E-state index contributed by atoms with van der Waals surface area (Å²) in [6.07, 6.45) is 6.68. The molecule has 0 radical (unpaired) electrons. The van der Waals surface area contributed by atoms with Gasteiger partial charge in [0, 0.05) is 44.1 Å². The molecule has 2 aromatic rings. The number of nitrogens with zero attached hydrogens (tertiary/aromatic N) is 6. The van der Waals surface area contributed by atoms with Crippen molar-refractivity contribution >= 4 is 22.5 Å². The third kappa shape index (κ3) is 3.65. The second-order valence-electron chi connectivity index (χ2n) is 7.33. The van der Waals surface area contributed by atoms with Crippen molar-refractivity contribution < 1.29 is 4.39 Å². The highest BCUT2D eigenvalue weighted by molar-refractivity contribution is 7.09. The molecule has 0 N–H and O–H groups in total. The summed E-state index contributed by atoms with van der Waals surface area (Å²) in [5.41, 5.74) is 0.486. The number of halogens is 1. The van der Waals surface area contributed by atoms with Gasteiger partial charge in [-0.3, -0.25) is 0 Å². The fraction of sp³-hybridized carbons (Fsp3) is 0.667. The molecule has 3 heterocycles. The van der Waals surface area contributed by atoms with Gasteiger partial charge in [0.15, 0.2) is 11.6 Å². The molecule has 26 heavy (non-hydrogen) atoms. The number of anilines is 2. The zero-order valence-corrected chi connectivity index (χ0v) is 16.2. The zero-order valence-electron chi connectivity index (χ0n) is 15.4. The van der Waals surface area contributed by atoms with Crippen molar-refractivity contribution in [2.24, 2.45) is 5.92 Å². The molecule has 1 aliphatic carbocycles. The number of hydrogen-bond acceptors (Lipinski definition) is 7. The molecule has 8 heteroatoms. The Morgan fingerprint density at radius 1 is 1.23 bits per heavy atom. The van der Waals surface area contributed by atoms with Crippen LogP contribution in [0.15, 0.2) is 6.33 Å². The lowest BCUT2D eigenvalue weighted by Gasteiger charge is -2.33. The minimum absolute atomic E-state index is 0.281. The Labute approximate surface area is 157 Å². The van der Waals surface area contributed by atoms with E-state index in [0.717, 1.165) is 43.4 Å². The molecule has 0 atom stereocenters. The zero-order chi connectivity index (χ0) is 18.1. The van der Waals surface area contributed by atoms with Gasteiger partial charge in [-0.15, -0.1) is 0 Å². The van der Waals surface area contributed by atoms with Crippen LogP contribution in [0, 0.1) is 11.7 Å². The summed E-state index contributed by atoms with van der Waals surface area (Å²) in [6.45, 7) is 4.70. The van der Waals surface area contributed by atoms with Crippen LogP contribution in [0.4, 0.5) is 15.3 Å². The first-order chi connectivity index (χ1) is 12.7. The van der Waals surface area contributed by atoms with Gasteiger partial charge in [0.1, 0.15) is 12.2 Å². The number of rotatable bonds is 6. The fourth-order valence-electron chi connectivity index (χ4n) is 3.55. The monoisotopic (exact) mass is 376 g/mol. The molecule has 2 fully saturated rings. The topological polar surface area (TPSA) is 58.0 Å². The molecular weight excluding hydrogens is 351 g/mol. The van der Waals surface area contributed by atoms with E-state index in [1.165, 1.54) is 30.7 Å². The molecule has 2 aliphatic rings. The van der Waals surface area contributed by atoms with Crippen molar-refractivity contribution in [1.82, 2.24) is 19.3 Å². The molecule has 1 saturated heterocycles. The maximum atomic E-state index is 14.4. The van der Waals surface area contributed by atoms with Gasteiger partial charge in [-0.05, 0) is 38.0 Å². The predicted molar refractivity (Wildman–Crippen MR) is 101 cm³/mol. The Bertz CT molecular complexity index is 754. The fourth-order valence-corrected chi connectivity index (χ4v) is 4.35. The Kier molecular flexibility index (Phi) is 5.02. The van der Waals surface area contributed by atoms with Gasteiger partial charge in [-0.2, -0.15) is 4.37 Å². The molecule has 1 aliphatic heterocycles. The maximum absolute atomic E-state index is 14.4. The summed E-state index contributed by atoms with van der Waals surface area (Å²) in [5, 5.41) is 1.06. The van der Waals surface area contributed by atoms with Crippen LogP contribution in [-0.4, -0.2) is 46.0 Å². The molecule has 140 valence electrons. The molecule has 4 rings (SSSR count). The highest BCUT2D eigenvalue weighted by atomic mass is 32.1. The first kappa shape index (κ1) is 17.6. The Hall–Kier alpha value is -1.83. The van der Waals surface area contributed by atoms with Gasteiger partial charge in [0.25, 0.3) is 0 Å². The van der Waals surface area contributed by atoms with Crippen LogP contribution >= 0.6 is 11.5 Å². The predicted octanol–water partition coefficient (Wildman–Crippen LogP) is 3.26. The lowest BCUT2D eigenvalue weighted by Crippen LogP contribution is -2.38. The molecule has 0 aromatic carbocycles. The molecule has 0 bridgehead atoms. The maximum Gasteiger partial charge on any atom is 0.205 e. The van der Waals surface area contributed by atoms with Crippen molar-refractivity contribution in [3.8, 4) is 0 Å². The van der Waals surface area contributed by atoms with Gasteiger partial charge in [0.2, 0.25) is 5.13 Å². The minimum Gasteiger partial charge on any atom is -0.357 e. The Balaban J connectivity index is 1.33. The molecular formula is C18H25FN6S. The number of aryl methyl sites for hydroxylation is 1. The highest BCUT2D eigenvalue weighted by Gasteiger charge is 2.30. The summed E-state index contributed by atoms with van der Waals surface area (Å²) in [4.78, 5) is 17.2.